The molecule has 2 N–H and O–H groups in total. The maximum atomic E-state index is 12.2. The average Bonchev–Trinajstić information content (AvgIpc) is 2.97. The number of alkyl halides is 1. The predicted octanol–water partition coefficient (Wildman–Crippen LogP) is 1.50. The third-order valence-corrected chi connectivity index (χ3v) is 6.32. The molecule has 6 nitrogen and oxygen atoms in total. The van der Waals surface area contributed by atoms with Gasteiger partial charge in [0.15, 0.2) is 0 Å². The molecule has 26 heavy (non-hydrogen) atoms. The molecule has 0 aromatic rings. The highest BCUT2D eigenvalue weighted by Gasteiger charge is 2.64. The minimum absolute atomic E-state index is 0.182. The number of ether oxygens (including phenoxy) is 2. The van der Waals surface area contributed by atoms with Crippen LogP contribution in [0.4, 0.5) is 0 Å². The molecule has 0 aromatic heterocycles. The summed E-state index contributed by atoms with van der Waals surface area (Å²) < 4.78 is 11.1. The fourth-order valence-electron chi connectivity index (χ4n) is 4.50. The van der Waals surface area contributed by atoms with Crippen molar-refractivity contribution in [3.63, 3.8) is 0 Å². The molecule has 0 amide bonds. The first kappa shape index (κ1) is 19.1. The highest BCUT2D eigenvalue weighted by molar-refractivity contribution is 6.18. The van der Waals surface area contributed by atoms with Crippen molar-refractivity contribution < 1.29 is 29.3 Å². The molecule has 3 aliphatic rings. The van der Waals surface area contributed by atoms with Gasteiger partial charge >= 0.3 is 11.9 Å². The SMILES string of the molecule is C=C(C)C(=O)O[C@H]1CC(=C)[C@@H]2C[C@H](O)[C@](O)(CCl)[C@H]2[C@H]2OC(=O)C(=C)[C@@H]21. The Hall–Kier alpha value is -1.63. The number of fused-ring (bicyclic) bond motifs is 3. The molecule has 3 fully saturated rings. The van der Waals surface area contributed by atoms with Crippen LogP contribution in [0.2, 0.25) is 0 Å². The Morgan fingerprint density at radius 2 is 2.12 bits per heavy atom. The van der Waals surface area contributed by atoms with E-state index >= 15 is 0 Å². The Kier molecular flexibility index (Phi) is 4.80. The van der Waals surface area contributed by atoms with E-state index in [1.54, 1.807) is 0 Å². The monoisotopic (exact) mass is 382 g/mol. The van der Waals surface area contributed by atoms with Crippen LogP contribution in [0.5, 0.6) is 0 Å². The number of hydrogen-bond donors (Lipinski definition) is 2. The number of esters is 2. The van der Waals surface area contributed by atoms with Gasteiger partial charge in [0.05, 0.1) is 17.9 Å². The molecule has 0 bridgehead atoms. The third-order valence-electron chi connectivity index (χ3n) is 5.89. The standard InChI is InChI=1S/C19H23ClO6/c1-8(2)17(22)25-12-5-9(3)11-6-13(21)19(24,7-20)15(11)16-14(12)10(4)18(23)26-16/h11-16,21,24H,1,3-7H2,2H3/t11-,12-,13-,14+,15+,16-,19+/m0/s1. The minimum atomic E-state index is -1.63. The number of aliphatic hydroxyl groups excluding tert-OH is 1. The first-order valence-electron chi connectivity index (χ1n) is 8.52. The molecule has 2 aliphatic carbocycles. The van der Waals surface area contributed by atoms with Gasteiger partial charge in [-0.05, 0) is 19.3 Å². The number of carbonyl (C=O) groups is 2. The maximum Gasteiger partial charge on any atom is 0.334 e. The van der Waals surface area contributed by atoms with E-state index in [1.807, 2.05) is 0 Å². The first-order valence-corrected chi connectivity index (χ1v) is 9.05. The van der Waals surface area contributed by atoms with Gasteiger partial charge in [-0.25, -0.2) is 9.59 Å². The van der Waals surface area contributed by atoms with Crippen LogP contribution < -0.4 is 0 Å². The molecule has 7 heteroatoms. The second-order valence-electron chi connectivity index (χ2n) is 7.52. The summed E-state index contributed by atoms with van der Waals surface area (Å²) in [6.07, 6.45) is -2.04. The summed E-state index contributed by atoms with van der Waals surface area (Å²) in [7, 11) is 0. The van der Waals surface area contributed by atoms with Crippen molar-refractivity contribution in [1.29, 1.82) is 0 Å². The van der Waals surface area contributed by atoms with Crippen LogP contribution in [0.15, 0.2) is 36.5 Å². The molecule has 0 spiro atoms. The van der Waals surface area contributed by atoms with Crippen molar-refractivity contribution in [2.45, 2.75) is 43.7 Å². The van der Waals surface area contributed by atoms with Crippen LogP contribution in [-0.2, 0) is 19.1 Å². The normalized spacial score (nSPS) is 41.9. The zero-order chi connectivity index (χ0) is 19.4. The van der Waals surface area contributed by atoms with E-state index in [1.165, 1.54) is 6.92 Å². The number of halogens is 1. The smallest absolute Gasteiger partial charge is 0.334 e. The Morgan fingerprint density at radius 3 is 2.69 bits per heavy atom. The van der Waals surface area contributed by atoms with E-state index < -0.39 is 47.7 Å². The summed E-state index contributed by atoms with van der Waals surface area (Å²) in [6, 6.07) is 0. The Labute approximate surface area is 157 Å². The number of carbonyl (C=O) groups excluding carboxylic acids is 2. The number of aliphatic hydroxyl groups is 2. The Balaban J connectivity index is 2.04. The van der Waals surface area contributed by atoms with Crippen molar-refractivity contribution >= 4 is 23.5 Å². The van der Waals surface area contributed by atoms with E-state index in [0.717, 1.165) is 0 Å². The zero-order valence-corrected chi connectivity index (χ0v) is 15.4. The topological polar surface area (TPSA) is 93.1 Å². The van der Waals surface area contributed by atoms with Crippen LogP contribution >= 0.6 is 11.6 Å². The van der Waals surface area contributed by atoms with Crippen molar-refractivity contribution in [1.82, 2.24) is 0 Å². The molecule has 1 aliphatic heterocycles. The lowest BCUT2D eigenvalue weighted by molar-refractivity contribution is -0.155. The van der Waals surface area contributed by atoms with Crippen LogP contribution in [0.3, 0.4) is 0 Å². The van der Waals surface area contributed by atoms with E-state index in [2.05, 4.69) is 19.7 Å². The van der Waals surface area contributed by atoms with E-state index in [0.29, 0.717) is 5.57 Å². The van der Waals surface area contributed by atoms with Crippen molar-refractivity contribution in [2.24, 2.45) is 17.8 Å². The molecule has 0 radical (unpaired) electrons. The molecule has 7 atom stereocenters. The predicted molar refractivity (Wildman–Crippen MR) is 94.2 cm³/mol. The lowest BCUT2D eigenvalue weighted by atomic mass is 9.76. The van der Waals surface area contributed by atoms with Gasteiger partial charge in [0.25, 0.3) is 0 Å². The van der Waals surface area contributed by atoms with Crippen molar-refractivity contribution in [3.8, 4) is 0 Å². The molecule has 0 unspecified atom stereocenters. The molecule has 142 valence electrons. The summed E-state index contributed by atoms with van der Waals surface area (Å²) in [4.78, 5) is 24.3. The second-order valence-corrected chi connectivity index (χ2v) is 7.78. The largest absolute Gasteiger partial charge is 0.458 e. The molecular formula is C19H23ClO6. The van der Waals surface area contributed by atoms with Gasteiger partial charge in [0.2, 0.25) is 0 Å². The molecule has 3 rings (SSSR count). The summed E-state index contributed by atoms with van der Waals surface area (Å²) in [6.45, 7) is 13.0. The minimum Gasteiger partial charge on any atom is -0.458 e. The maximum absolute atomic E-state index is 12.2. The van der Waals surface area contributed by atoms with E-state index in [9.17, 15) is 19.8 Å². The molecular weight excluding hydrogens is 360 g/mol. The summed E-state index contributed by atoms with van der Waals surface area (Å²) in [5, 5.41) is 21.4. The highest BCUT2D eigenvalue weighted by Crippen LogP contribution is 2.55. The van der Waals surface area contributed by atoms with Gasteiger partial charge < -0.3 is 19.7 Å². The van der Waals surface area contributed by atoms with Crippen LogP contribution in [0.1, 0.15) is 19.8 Å². The molecule has 1 heterocycles. The first-order chi connectivity index (χ1) is 12.1. The Morgan fingerprint density at radius 1 is 1.46 bits per heavy atom. The van der Waals surface area contributed by atoms with Crippen molar-refractivity contribution in [3.05, 3.63) is 36.5 Å². The van der Waals surface area contributed by atoms with Gasteiger partial charge in [-0.3, -0.25) is 0 Å². The summed E-state index contributed by atoms with van der Waals surface area (Å²) in [5.74, 6) is -2.99. The lowest BCUT2D eigenvalue weighted by Gasteiger charge is -2.37. The summed E-state index contributed by atoms with van der Waals surface area (Å²) >= 11 is 5.99. The van der Waals surface area contributed by atoms with Gasteiger partial charge in [0.1, 0.15) is 17.8 Å². The van der Waals surface area contributed by atoms with Gasteiger partial charge in [-0.2, -0.15) is 0 Å². The third kappa shape index (κ3) is 2.71. The van der Waals surface area contributed by atoms with Crippen LogP contribution in [0, 0.1) is 17.8 Å². The molecule has 1 saturated heterocycles. The van der Waals surface area contributed by atoms with Gasteiger partial charge in [-0.15, -0.1) is 11.6 Å². The quantitative estimate of drug-likeness (QED) is 0.332. The van der Waals surface area contributed by atoms with Crippen LogP contribution in [0.25, 0.3) is 0 Å². The van der Waals surface area contributed by atoms with E-state index in [4.69, 9.17) is 21.1 Å². The van der Waals surface area contributed by atoms with Crippen LogP contribution in [-0.4, -0.2) is 51.9 Å². The lowest BCUT2D eigenvalue weighted by Crippen LogP contribution is -2.52. The second kappa shape index (κ2) is 6.51. The Bertz CT molecular complexity index is 700. The fourth-order valence-corrected chi connectivity index (χ4v) is 4.86. The average molecular weight is 383 g/mol. The van der Waals surface area contributed by atoms with Gasteiger partial charge in [-0.1, -0.05) is 25.3 Å². The van der Waals surface area contributed by atoms with E-state index in [-0.39, 0.29) is 35.8 Å². The summed E-state index contributed by atoms with van der Waals surface area (Å²) in [5.41, 5.74) is -0.495. The number of rotatable bonds is 3. The van der Waals surface area contributed by atoms with Crippen molar-refractivity contribution in [2.75, 3.05) is 5.88 Å². The number of hydrogen-bond acceptors (Lipinski definition) is 6. The zero-order valence-electron chi connectivity index (χ0n) is 14.6. The molecule has 2 saturated carbocycles. The van der Waals surface area contributed by atoms with Gasteiger partial charge in [0, 0.05) is 23.5 Å². The fraction of sp³-hybridized carbons (Fsp3) is 0.579. The highest BCUT2D eigenvalue weighted by atomic mass is 35.5. The molecule has 0 aromatic carbocycles.